The first-order valence-electron chi connectivity index (χ1n) is 16.2. The van der Waals surface area contributed by atoms with E-state index >= 15 is 0 Å². The van der Waals surface area contributed by atoms with Crippen LogP contribution in [0.5, 0.6) is 0 Å². The Hall–Kier alpha value is -0.790. The molecule has 1 aromatic rings. The van der Waals surface area contributed by atoms with Crippen molar-refractivity contribution < 1.29 is 0 Å². The normalized spacial score (nSPS) is 43.4. The Morgan fingerprint density at radius 3 is 2.42 bits per heavy atom. The van der Waals surface area contributed by atoms with E-state index in [1.54, 1.807) is 0 Å². The van der Waals surface area contributed by atoms with Gasteiger partial charge in [0.1, 0.15) is 0 Å². The molecule has 0 N–H and O–H groups in total. The van der Waals surface area contributed by atoms with Crippen molar-refractivity contribution >= 4 is 0 Å². The summed E-state index contributed by atoms with van der Waals surface area (Å²) in [6.45, 7) is 22.8. The molecule has 0 amide bonds. The van der Waals surface area contributed by atoms with Crippen LogP contribution in [0.2, 0.25) is 0 Å². The van der Waals surface area contributed by atoms with Crippen molar-refractivity contribution in [3.05, 3.63) is 18.0 Å². The summed E-state index contributed by atoms with van der Waals surface area (Å²) in [6, 6.07) is 0. The Balaban J connectivity index is 0.00000148. The molecule has 36 heavy (non-hydrogen) atoms. The molecule has 0 aliphatic heterocycles. The van der Waals surface area contributed by atoms with Crippen LogP contribution in [0.3, 0.4) is 0 Å². The second kappa shape index (κ2) is 10.8. The third kappa shape index (κ3) is 4.43. The summed E-state index contributed by atoms with van der Waals surface area (Å²) in [6.07, 6.45) is 20.6. The van der Waals surface area contributed by atoms with Crippen molar-refractivity contribution in [3.8, 4) is 0 Å². The number of fused-ring (bicyclic) bond motifs is 5. The van der Waals surface area contributed by atoms with Crippen LogP contribution in [-0.4, -0.2) is 9.78 Å². The molecule has 10 atom stereocenters. The van der Waals surface area contributed by atoms with Crippen LogP contribution < -0.4 is 0 Å². The Bertz CT molecular complexity index is 857. The summed E-state index contributed by atoms with van der Waals surface area (Å²) in [5.74, 6) is 6.12. The summed E-state index contributed by atoms with van der Waals surface area (Å²) in [5, 5.41) is 4.78. The Labute approximate surface area is 224 Å². The summed E-state index contributed by atoms with van der Waals surface area (Å²) < 4.78 is 2.27. The van der Waals surface area contributed by atoms with Gasteiger partial charge in [-0.15, -0.1) is 0 Å². The average molecular weight is 497 g/mol. The van der Waals surface area contributed by atoms with Crippen LogP contribution in [0.4, 0.5) is 0 Å². The van der Waals surface area contributed by atoms with Crippen molar-refractivity contribution in [1.29, 1.82) is 0 Å². The fourth-order valence-electron chi connectivity index (χ4n) is 11.0. The fraction of sp³-hybridized carbons (Fsp3) is 0.912. The summed E-state index contributed by atoms with van der Waals surface area (Å²) in [5.41, 5.74) is 3.21. The van der Waals surface area contributed by atoms with Crippen molar-refractivity contribution in [1.82, 2.24) is 9.78 Å². The van der Waals surface area contributed by atoms with Gasteiger partial charge in [0, 0.05) is 12.7 Å². The van der Waals surface area contributed by atoms with Crippen molar-refractivity contribution in [2.75, 3.05) is 0 Å². The zero-order valence-corrected chi connectivity index (χ0v) is 25.6. The molecule has 2 nitrogen and oxygen atoms in total. The predicted octanol–water partition coefficient (Wildman–Crippen LogP) is 10.1. The number of aromatic nitrogens is 2. The van der Waals surface area contributed by atoms with Gasteiger partial charge in [-0.1, -0.05) is 68.7 Å². The van der Waals surface area contributed by atoms with Gasteiger partial charge < -0.3 is 0 Å². The summed E-state index contributed by atoms with van der Waals surface area (Å²) >= 11 is 0. The maximum atomic E-state index is 4.78. The molecule has 0 spiro atoms. The lowest BCUT2D eigenvalue weighted by molar-refractivity contribution is -0.173. The highest BCUT2D eigenvalue weighted by molar-refractivity contribution is 5.14. The monoisotopic (exact) mass is 496 g/mol. The zero-order valence-electron chi connectivity index (χ0n) is 25.6. The molecule has 4 fully saturated rings. The second-order valence-electron chi connectivity index (χ2n) is 14.3. The quantitative estimate of drug-likeness (QED) is 0.383. The first-order valence-corrected chi connectivity index (χ1v) is 16.2. The smallest absolute Gasteiger partial charge is 0.0524 e. The molecular formula is C34H60N2. The standard InChI is InChI=1S/C32H54N2.C2H6/c1-8-23(4)25-19-33-34(21-25)20-24(5)27-10-11-28-26-13-15-30(6)18-22(3)12-17-32(30,9-2)29(26)14-16-31(27,28)7;1-2/h19,21-24,26-29H,8-18,20H2,1-7H3;1-2H3/t22?,23?,24?,26?,27?,28?,29?,30-,31?,32?;/m1./s1. The highest BCUT2D eigenvalue weighted by Gasteiger charge is 2.64. The molecular weight excluding hydrogens is 436 g/mol. The molecule has 9 unspecified atom stereocenters. The molecule has 206 valence electrons. The molecule has 5 rings (SSSR count). The van der Waals surface area contributed by atoms with Gasteiger partial charge in [0.25, 0.3) is 0 Å². The SMILES string of the molecule is CC.CCC(C)c1cnn(CC(C)C2CCC3C4CC[C@]5(C)CC(C)CCC5(CC)C4CCC23C)c1. The van der Waals surface area contributed by atoms with Crippen molar-refractivity contribution in [2.45, 2.75) is 145 Å². The molecule has 0 aromatic carbocycles. The third-order valence-electron chi connectivity index (χ3n) is 13.0. The van der Waals surface area contributed by atoms with E-state index in [4.69, 9.17) is 5.10 Å². The zero-order chi connectivity index (χ0) is 26.3. The summed E-state index contributed by atoms with van der Waals surface area (Å²) in [4.78, 5) is 0. The van der Waals surface area contributed by atoms with E-state index in [0.717, 1.165) is 42.1 Å². The van der Waals surface area contributed by atoms with Crippen LogP contribution in [-0.2, 0) is 6.54 Å². The fourth-order valence-corrected chi connectivity index (χ4v) is 11.0. The minimum Gasteiger partial charge on any atom is -0.272 e. The van der Waals surface area contributed by atoms with Crippen LogP contribution in [0.1, 0.15) is 144 Å². The van der Waals surface area contributed by atoms with E-state index in [-0.39, 0.29) is 0 Å². The second-order valence-corrected chi connectivity index (χ2v) is 14.3. The maximum absolute atomic E-state index is 4.78. The topological polar surface area (TPSA) is 17.8 Å². The van der Waals surface area contributed by atoms with Crippen LogP contribution >= 0.6 is 0 Å². The molecule has 0 bridgehead atoms. The van der Waals surface area contributed by atoms with Gasteiger partial charge in [-0.2, -0.15) is 5.10 Å². The van der Waals surface area contributed by atoms with Crippen LogP contribution in [0, 0.1) is 51.8 Å². The first kappa shape index (κ1) is 28.2. The van der Waals surface area contributed by atoms with Gasteiger partial charge in [-0.05, 0) is 127 Å². The van der Waals surface area contributed by atoms with Crippen LogP contribution in [0.15, 0.2) is 12.4 Å². The van der Waals surface area contributed by atoms with Gasteiger partial charge in [-0.25, -0.2) is 0 Å². The highest BCUT2D eigenvalue weighted by atomic mass is 15.3. The minimum atomic E-state index is 0.553. The molecule has 1 aromatic heterocycles. The first-order chi connectivity index (χ1) is 17.2. The number of hydrogen-bond donors (Lipinski definition) is 0. The molecule has 1 heterocycles. The van der Waals surface area contributed by atoms with Gasteiger partial charge in [0.2, 0.25) is 0 Å². The van der Waals surface area contributed by atoms with E-state index in [1.807, 2.05) is 13.8 Å². The molecule has 4 aliphatic rings. The Morgan fingerprint density at radius 1 is 0.972 bits per heavy atom. The maximum Gasteiger partial charge on any atom is 0.0524 e. The van der Waals surface area contributed by atoms with E-state index in [9.17, 15) is 0 Å². The van der Waals surface area contributed by atoms with Crippen LogP contribution in [0.25, 0.3) is 0 Å². The lowest BCUT2D eigenvalue weighted by Gasteiger charge is -2.66. The average Bonchev–Trinajstić information content (AvgIpc) is 3.48. The number of nitrogens with zero attached hydrogens (tertiary/aromatic N) is 2. The molecule has 0 radical (unpaired) electrons. The molecule has 4 saturated carbocycles. The summed E-state index contributed by atoms with van der Waals surface area (Å²) in [7, 11) is 0. The highest BCUT2D eigenvalue weighted by Crippen LogP contribution is 2.72. The van der Waals surface area contributed by atoms with Crippen molar-refractivity contribution in [2.24, 2.45) is 51.8 Å². The lowest BCUT2D eigenvalue weighted by Crippen LogP contribution is -2.58. The van der Waals surface area contributed by atoms with Gasteiger partial charge in [-0.3, -0.25) is 4.68 Å². The van der Waals surface area contributed by atoms with E-state index in [0.29, 0.717) is 22.2 Å². The molecule has 0 saturated heterocycles. The number of rotatable bonds is 6. The van der Waals surface area contributed by atoms with Gasteiger partial charge >= 0.3 is 0 Å². The Morgan fingerprint density at radius 2 is 1.72 bits per heavy atom. The van der Waals surface area contributed by atoms with E-state index in [1.165, 1.54) is 76.2 Å². The van der Waals surface area contributed by atoms with E-state index in [2.05, 4.69) is 65.5 Å². The molecule has 2 heteroatoms. The number of hydrogen-bond acceptors (Lipinski definition) is 1. The van der Waals surface area contributed by atoms with Gasteiger partial charge in [0.15, 0.2) is 0 Å². The molecule has 4 aliphatic carbocycles. The van der Waals surface area contributed by atoms with Gasteiger partial charge in [0.05, 0.1) is 6.20 Å². The minimum absolute atomic E-state index is 0.553. The third-order valence-corrected chi connectivity index (χ3v) is 13.0. The lowest BCUT2D eigenvalue weighted by atomic mass is 9.38. The largest absolute Gasteiger partial charge is 0.272 e. The Kier molecular flexibility index (Phi) is 8.44. The van der Waals surface area contributed by atoms with E-state index < -0.39 is 0 Å². The predicted molar refractivity (Wildman–Crippen MR) is 155 cm³/mol. The van der Waals surface area contributed by atoms with Crippen molar-refractivity contribution in [3.63, 3.8) is 0 Å².